The van der Waals surface area contributed by atoms with Crippen LogP contribution in [0.2, 0.25) is 0 Å². The smallest absolute Gasteiger partial charge is 0.123 e. The SMILES string of the molecule is CCOC1(C(O)Cc2cc(F)ccc2C)CCCC1. The van der Waals surface area contributed by atoms with Gasteiger partial charge in [0.15, 0.2) is 0 Å². The lowest BCUT2D eigenvalue weighted by atomic mass is 9.88. The monoisotopic (exact) mass is 266 g/mol. The molecular weight excluding hydrogens is 243 g/mol. The van der Waals surface area contributed by atoms with Gasteiger partial charge in [-0.25, -0.2) is 4.39 Å². The van der Waals surface area contributed by atoms with Crippen molar-refractivity contribution >= 4 is 0 Å². The van der Waals surface area contributed by atoms with Gasteiger partial charge in [-0.2, -0.15) is 0 Å². The molecule has 0 aliphatic heterocycles. The van der Waals surface area contributed by atoms with Gasteiger partial charge in [-0.1, -0.05) is 18.9 Å². The summed E-state index contributed by atoms with van der Waals surface area (Å²) in [5, 5.41) is 10.6. The molecule has 0 radical (unpaired) electrons. The van der Waals surface area contributed by atoms with Crippen LogP contribution in [0.5, 0.6) is 0 Å². The minimum absolute atomic E-state index is 0.246. The van der Waals surface area contributed by atoms with Crippen LogP contribution >= 0.6 is 0 Å². The molecule has 1 aromatic rings. The second-order valence-corrected chi connectivity index (χ2v) is 5.50. The molecule has 19 heavy (non-hydrogen) atoms. The molecule has 1 saturated carbocycles. The Kier molecular flexibility index (Phi) is 4.58. The van der Waals surface area contributed by atoms with E-state index in [0.717, 1.165) is 36.8 Å². The van der Waals surface area contributed by atoms with Crippen LogP contribution in [0.3, 0.4) is 0 Å². The molecule has 1 unspecified atom stereocenters. The van der Waals surface area contributed by atoms with Crippen LogP contribution in [0.1, 0.15) is 43.7 Å². The van der Waals surface area contributed by atoms with Crippen LogP contribution < -0.4 is 0 Å². The lowest BCUT2D eigenvalue weighted by Gasteiger charge is -2.34. The van der Waals surface area contributed by atoms with Gasteiger partial charge in [-0.15, -0.1) is 0 Å². The summed E-state index contributed by atoms with van der Waals surface area (Å²) in [7, 11) is 0. The highest BCUT2D eigenvalue weighted by molar-refractivity contribution is 5.27. The van der Waals surface area contributed by atoms with E-state index < -0.39 is 11.7 Å². The first-order valence-electron chi connectivity index (χ1n) is 7.14. The topological polar surface area (TPSA) is 29.5 Å². The first-order valence-corrected chi connectivity index (χ1v) is 7.14. The molecular formula is C16H23FO2. The van der Waals surface area contributed by atoms with Crippen molar-refractivity contribution in [2.75, 3.05) is 6.61 Å². The third-order valence-corrected chi connectivity index (χ3v) is 4.21. The lowest BCUT2D eigenvalue weighted by molar-refractivity contribution is -0.115. The van der Waals surface area contributed by atoms with Crippen LogP contribution in [0, 0.1) is 12.7 Å². The summed E-state index contributed by atoms with van der Waals surface area (Å²) in [4.78, 5) is 0. The first kappa shape index (κ1) is 14.5. The van der Waals surface area contributed by atoms with E-state index >= 15 is 0 Å². The molecule has 0 saturated heterocycles. The predicted molar refractivity (Wildman–Crippen MR) is 73.7 cm³/mol. The van der Waals surface area contributed by atoms with E-state index in [4.69, 9.17) is 4.74 Å². The minimum atomic E-state index is -0.560. The Balaban J connectivity index is 2.14. The predicted octanol–water partition coefficient (Wildman–Crippen LogP) is 3.39. The van der Waals surface area contributed by atoms with Crippen LogP contribution in [0.15, 0.2) is 18.2 Å². The van der Waals surface area contributed by atoms with E-state index in [0.29, 0.717) is 13.0 Å². The van der Waals surface area contributed by atoms with Crippen molar-refractivity contribution in [3.63, 3.8) is 0 Å². The summed E-state index contributed by atoms with van der Waals surface area (Å²) in [5.74, 6) is -0.246. The van der Waals surface area contributed by atoms with Gasteiger partial charge in [0, 0.05) is 13.0 Å². The van der Waals surface area contributed by atoms with Crippen molar-refractivity contribution in [1.82, 2.24) is 0 Å². The number of halogens is 1. The maximum atomic E-state index is 13.3. The van der Waals surface area contributed by atoms with Crippen LogP contribution in [0.4, 0.5) is 4.39 Å². The molecule has 0 bridgehead atoms. The Bertz CT molecular complexity index is 425. The van der Waals surface area contributed by atoms with Gasteiger partial charge >= 0.3 is 0 Å². The summed E-state index contributed by atoms with van der Waals surface area (Å²) in [6.07, 6.45) is 3.89. The van der Waals surface area contributed by atoms with Gasteiger partial charge in [-0.05, 0) is 49.9 Å². The van der Waals surface area contributed by atoms with Gasteiger partial charge in [0.1, 0.15) is 5.82 Å². The van der Waals surface area contributed by atoms with Crippen LogP contribution in [-0.4, -0.2) is 23.4 Å². The minimum Gasteiger partial charge on any atom is -0.390 e. The zero-order chi connectivity index (χ0) is 13.9. The number of ether oxygens (including phenoxy) is 1. The Morgan fingerprint density at radius 3 is 2.68 bits per heavy atom. The number of benzene rings is 1. The summed E-state index contributed by atoms with van der Waals surface area (Å²) in [5.41, 5.74) is 1.47. The second kappa shape index (κ2) is 6.02. The summed E-state index contributed by atoms with van der Waals surface area (Å²) < 4.78 is 19.2. The molecule has 0 heterocycles. The van der Waals surface area contributed by atoms with E-state index in [1.807, 2.05) is 13.8 Å². The molecule has 0 spiro atoms. The number of hydrogen-bond donors (Lipinski definition) is 1. The van der Waals surface area contributed by atoms with Gasteiger partial charge in [0.05, 0.1) is 11.7 Å². The quantitative estimate of drug-likeness (QED) is 0.885. The Morgan fingerprint density at radius 1 is 1.37 bits per heavy atom. The molecule has 106 valence electrons. The maximum absolute atomic E-state index is 13.3. The fourth-order valence-corrected chi connectivity index (χ4v) is 3.09. The zero-order valence-corrected chi connectivity index (χ0v) is 11.8. The van der Waals surface area contributed by atoms with Gasteiger partial charge < -0.3 is 9.84 Å². The normalized spacial score (nSPS) is 19.6. The van der Waals surface area contributed by atoms with Crippen molar-refractivity contribution in [3.8, 4) is 0 Å². The summed E-state index contributed by atoms with van der Waals surface area (Å²) in [6.45, 7) is 4.52. The van der Waals surface area contributed by atoms with E-state index in [1.54, 1.807) is 6.07 Å². The molecule has 2 rings (SSSR count). The average Bonchev–Trinajstić information content (AvgIpc) is 2.84. The molecule has 1 atom stereocenters. The molecule has 1 aromatic carbocycles. The molecule has 1 N–H and O–H groups in total. The van der Waals surface area contributed by atoms with Crippen molar-refractivity contribution in [1.29, 1.82) is 0 Å². The van der Waals surface area contributed by atoms with Crippen molar-refractivity contribution in [2.24, 2.45) is 0 Å². The van der Waals surface area contributed by atoms with Crippen LogP contribution in [-0.2, 0) is 11.2 Å². The second-order valence-electron chi connectivity index (χ2n) is 5.50. The molecule has 1 fully saturated rings. The first-order chi connectivity index (χ1) is 9.07. The van der Waals surface area contributed by atoms with E-state index in [2.05, 4.69) is 0 Å². The zero-order valence-electron chi connectivity index (χ0n) is 11.8. The van der Waals surface area contributed by atoms with E-state index in [9.17, 15) is 9.50 Å². The van der Waals surface area contributed by atoms with E-state index in [1.165, 1.54) is 12.1 Å². The van der Waals surface area contributed by atoms with Gasteiger partial charge in [0.25, 0.3) is 0 Å². The maximum Gasteiger partial charge on any atom is 0.123 e. The number of rotatable bonds is 5. The highest BCUT2D eigenvalue weighted by Gasteiger charge is 2.41. The largest absolute Gasteiger partial charge is 0.390 e. The van der Waals surface area contributed by atoms with Gasteiger partial charge in [-0.3, -0.25) is 0 Å². The third-order valence-electron chi connectivity index (χ3n) is 4.21. The highest BCUT2D eigenvalue weighted by atomic mass is 19.1. The fraction of sp³-hybridized carbons (Fsp3) is 0.625. The standard InChI is InChI=1S/C16H23FO2/c1-3-19-16(8-4-5-9-16)15(18)11-13-10-14(17)7-6-12(13)2/h6-7,10,15,18H,3-5,8-9,11H2,1-2H3. The molecule has 1 aliphatic carbocycles. The van der Waals surface area contributed by atoms with Crippen molar-refractivity contribution in [2.45, 2.75) is 57.7 Å². The third kappa shape index (κ3) is 3.15. The van der Waals surface area contributed by atoms with Crippen LogP contribution in [0.25, 0.3) is 0 Å². The fourth-order valence-electron chi connectivity index (χ4n) is 3.09. The summed E-state index contributed by atoms with van der Waals surface area (Å²) in [6, 6.07) is 4.74. The molecule has 0 aromatic heterocycles. The van der Waals surface area contributed by atoms with Crippen molar-refractivity contribution < 1.29 is 14.2 Å². The van der Waals surface area contributed by atoms with E-state index in [-0.39, 0.29) is 5.82 Å². The summed E-state index contributed by atoms with van der Waals surface area (Å²) >= 11 is 0. The lowest BCUT2D eigenvalue weighted by Crippen LogP contribution is -2.44. The Labute approximate surface area is 114 Å². The van der Waals surface area contributed by atoms with Gasteiger partial charge in [0.2, 0.25) is 0 Å². The number of aliphatic hydroxyl groups is 1. The van der Waals surface area contributed by atoms with Crippen molar-refractivity contribution in [3.05, 3.63) is 35.1 Å². The number of hydrogen-bond acceptors (Lipinski definition) is 2. The number of aryl methyl sites for hydroxylation is 1. The Morgan fingerprint density at radius 2 is 2.05 bits per heavy atom. The molecule has 0 amide bonds. The molecule has 1 aliphatic rings. The highest BCUT2D eigenvalue weighted by Crippen LogP contribution is 2.37. The molecule has 3 heteroatoms. The average molecular weight is 266 g/mol. The molecule has 2 nitrogen and oxygen atoms in total. The number of aliphatic hydroxyl groups excluding tert-OH is 1. The Hall–Kier alpha value is -0.930.